The van der Waals surface area contributed by atoms with Crippen molar-refractivity contribution in [1.29, 1.82) is 0 Å². The Morgan fingerprint density at radius 2 is 2.26 bits per heavy atom. The molecular formula is C14H19NO4. The molecule has 0 aliphatic carbocycles. The van der Waals surface area contributed by atoms with E-state index in [0.29, 0.717) is 13.0 Å². The van der Waals surface area contributed by atoms with Crippen LogP contribution in [0.3, 0.4) is 0 Å². The summed E-state index contributed by atoms with van der Waals surface area (Å²) in [4.78, 5) is 13.3. The summed E-state index contributed by atoms with van der Waals surface area (Å²) in [6, 6.07) is 5.77. The number of hydrogen-bond donors (Lipinski definition) is 0. The first-order valence-corrected chi connectivity index (χ1v) is 6.37. The monoisotopic (exact) mass is 265 g/mol. The Morgan fingerprint density at radius 1 is 1.42 bits per heavy atom. The summed E-state index contributed by atoms with van der Waals surface area (Å²) in [6.07, 6.45) is 1.20. The van der Waals surface area contributed by atoms with Crippen LogP contribution >= 0.6 is 0 Å². The smallest absolute Gasteiger partial charge is 0.305 e. The Balaban J connectivity index is 2.02. The predicted octanol–water partition coefficient (Wildman–Crippen LogP) is 1.85. The summed E-state index contributed by atoms with van der Waals surface area (Å²) in [7, 11) is 3.06. The van der Waals surface area contributed by atoms with Crippen LogP contribution in [0.2, 0.25) is 0 Å². The molecule has 0 saturated heterocycles. The number of nitrogens with zero attached hydrogens (tertiary/aromatic N) is 1. The molecule has 19 heavy (non-hydrogen) atoms. The number of methoxy groups -OCH3 is 2. The molecule has 1 aliphatic heterocycles. The minimum Gasteiger partial charge on any atom is -0.497 e. The first-order valence-electron chi connectivity index (χ1n) is 6.37. The highest BCUT2D eigenvalue weighted by atomic mass is 16.5. The molecule has 0 bridgehead atoms. The molecule has 1 aromatic rings. The van der Waals surface area contributed by atoms with Crippen molar-refractivity contribution in [3.8, 4) is 11.5 Å². The molecule has 0 amide bonds. The zero-order chi connectivity index (χ0) is 13.7. The van der Waals surface area contributed by atoms with Crippen molar-refractivity contribution in [2.45, 2.75) is 12.8 Å². The fourth-order valence-electron chi connectivity index (χ4n) is 2.13. The van der Waals surface area contributed by atoms with E-state index in [1.165, 1.54) is 7.11 Å². The topological polar surface area (TPSA) is 48.0 Å². The third-order valence-electron chi connectivity index (χ3n) is 3.16. The summed E-state index contributed by atoms with van der Waals surface area (Å²) in [5, 5.41) is 0. The van der Waals surface area contributed by atoms with Crippen LogP contribution in [0.15, 0.2) is 18.2 Å². The van der Waals surface area contributed by atoms with Gasteiger partial charge in [-0.25, -0.2) is 0 Å². The Kier molecular flexibility index (Phi) is 4.49. The van der Waals surface area contributed by atoms with Crippen LogP contribution in [0.1, 0.15) is 12.8 Å². The van der Waals surface area contributed by atoms with Gasteiger partial charge in [-0.2, -0.15) is 0 Å². The Labute approximate surface area is 113 Å². The van der Waals surface area contributed by atoms with Gasteiger partial charge < -0.3 is 19.1 Å². The fourth-order valence-corrected chi connectivity index (χ4v) is 2.13. The van der Waals surface area contributed by atoms with Crippen molar-refractivity contribution < 1.29 is 19.0 Å². The molecular weight excluding hydrogens is 246 g/mol. The van der Waals surface area contributed by atoms with Crippen LogP contribution in [0.4, 0.5) is 5.69 Å². The van der Waals surface area contributed by atoms with Crippen molar-refractivity contribution in [3.63, 3.8) is 0 Å². The number of carbonyl (C=O) groups excluding carboxylic acids is 1. The molecule has 0 radical (unpaired) electrons. The number of hydrogen-bond acceptors (Lipinski definition) is 5. The van der Waals surface area contributed by atoms with E-state index >= 15 is 0 Å². The zero-order valence-corrected chi connectivity index (χ0v) is 11.3. The Bertz CT molecular complexity index is 447. The molecule has 0 aromatic heterocycles. The van der Waals surface area contributed by atoms with E-state index in [9.17, 15) is 4.79 Å². The highest BCUT2D eigenvalue weighted by molar-refractivity contribution is 5.69. The van der Waals surface area contributed by atoms with E-state index in [0.717, 1.165) is 36.7 Å². The van der Waals surface area contributed by atoms with Crippen molar-refractivity contribution in [2.24, 2.45) is 0 Å². The zero-order valence-electron chi connectivity index (χ0n) is 11.3. The molecule has 5 nitrogen and oxygen atoms in total. The van der Waals surface area contributed by atoms with Crippen LogP contribution in [-0.4, -0.2) is 39.9 Å². The molecule has 1 heterocycles. The maximum Gasteiger partial charge on any atom is 0.305 e. The highest BCUT2D eigenvalue weighted by Gasteiger charge is 2.18. The minimum absolute atomic E-state index is 0.167. The maximum absolute atomic E-state index is 11.1. The third kappa shape index (κ3) is 3.30. The number of ether oxygens (including phenoxy) is 3. The van der Waals surface area contributed by atoms with Gasteiger partial charge in [-0.15, -0.1) is 0 Å². The molecule has 0 fully saturated rings. The summed E-state index contributed by atoms with van der Waals surface area (Å²) in [6.45, 7) is 2.29. The van der Waals surface area contributed by atoms with Gasteiger partial charge in [-0.3, -0.25) is 4.79 Å². The van der Waals surface area contributed by atoms with E-state index in [-0.39, 0.29) is 5.97 Å². The second-order valence-corrected chi connectivity index (χ2v) is 4.35. The largest absolute Gasteiger partial charge is 0.497 e. The maximum atomic E-state index is 11.1. The van der Waals surface area contributed by atoms with Gasteiger partial charge in [0.05, 0.1) is 26.5 Å². The van der Waals surface area contributed by atoms with Crippen LogP contribution in [0.5, 0.6) is 11.5 Å². The van der Waals surface area contributed by atoms with Gasteiger partial charge in [0.25, 0.3) is 0 Å². The first kappa shape index (κ1) is 13.5. The quantitative estimate of drug-likeness (QED) is 0.760. The molecule has 0 saturated carbocycles. The number of anilines is 1. The van der Waals surface area contributed by atoms with E-state index in [1.54, 1.807) is 7.11 Å². The lowest BCUT2D eigenvalue weighted by Crippen LogP contribution is -2.33. The average molecular weight is 265 g/mol. The first-order chi connectivity index (χ1) is 9.24. The molecule has 1 aromatic carbocycles. The van der Waals surface area contributed by atoms with Crippen LogP contribution in [-0.2, 0) is 9.53 Å². The van der Waals surface area contributed by atoms with E-state index < -0.39 is 0 Å². The third-order valence-corrected chi connectivity index (χ3v) is 3.16. The van der Waals surface area contributed by atoms with Crippen molar-refractivity contribution in [3.05, 3.63) is 18.2 Å². The van der Waals surface area contributed by atoms with Crippen molar-refractivity contribution >= 4 is 11.7 Å². The lowest BCUT2D eigenvalue weighted by molar-refractivity contribution is -0.140. The minimum atomic E-state index is -0.167. The molecule has 5 heteroatoms. The fraction of sp³-hybridized carbons (Fsp3) is 0.500. The number of fused-ring (bicyclic) bond motifs is 1. The number of rotatable bonds is 5. The number of carbonyl (C=O) groups is 1. The van der Waals surface area contributed by atoms with Crippen molar-refractivity contribution in [2.75, 3.05) is 38.8 Å². The van der Waals surface area contributed by atoms with Crippen molar-refractivity contribution in [1.82, 2.24) is 0 Å². The molecule has 0 N–H and O–H groups in total. The van der Waals surface area contributed by atoms with Gasteiger partial charge in [0.2, 0.25) is 0 Å². The standard InChI is InChI=1S/C14H19NO4/c1-17-11-5-6-13-12(10-11)15(8-9-19-13)7-3-4-14(16)18-2/h5-6,10H,3-4,7-9H2,1-2H3. The van der Waals surface area contributed by atoms with Gasteiger partial charge in [0.1, 0.15) is 18.1 Å². The summed E-state index contributed by atoms with van der Waals surface area (Å²) in [5.74, 6) is 1.51. The van der Waals surface area contributed by atoms with Gasteiger partial charge in [0, 0.05) is 19.0 Å². The van der Waals surface area contributed by atoms with Gasteiger partial charge in [-0.1, -0.05) is 0 Å². The number of esters is 1. The van der Waals surface area contributed by atoms with Crippen LogP contribution < -0.4 is 14.4 Å². The van der Waals surface area contributed by atoms with E-state index in [2.05, 4.69) is 9.64 Å². The lowest BCUT2D eigenvalue weighted by Gasteiger charge is -2.31. The van der Waals surface area contributed by atoms with Gasteiger partial charge >= 0.3 is 5.97 Å². The summed E-state index contributed by atoms with van der Waals surface area (Å²) in [5.41, 5.74) is 1.02. The molecule has 2 rings (SSSR count). The lowest BCUT2D eigenvalue weighted by atomic mass is 10.2. The molecule has 0 unspecified atom stereocenters. The SMILES string of the molecule is COC(=O)CCCN1CCOc2ccc(OC)cc21. The normalized spacial score (nSPS) is 13.5. The van der Waals surface area contributed by atoms with Crippen LogP contribution in [0, 0.1) is 0 Å². The van der Waals surface area contributed by atoms with Gasteiger partial charge in [-0.05, 0) is 18.6 Å². The Morgan fingerprint density at radius 3 is 3.00 bits per heavy atom. The molecule has 0 spiro atoms. The summed E-state index contributed by atoms with van der Waals surface area (Å²) >= 11 is 0. The summed E-state index contributed by atoms with van der Waals surface area (Å²) < 4.78 is 15.5. The van der Waals surface area contributed by atoms with Gasteiger partial charge in [0.15, 0.2) is 0 Å². The predicted molar refractivity (Wildman–Crippen MR) is 72.0 cm³/mol. The van der Waals surface area contributed by atoms with Crippen LogP contribution in [0.25, 0.3) is 0 Å². The second-order valence-electron chi connectivity index (χ2n) is 4.35. The van der Waals surface area contributed by atoms with E-state index in [1.807, 2.05) is 18.2 Å². The van der Waals surface area contributed by atoms with E-state index in [4.69, 9.17) is 9.47 Å². The highest BCUT2D eigenvalue weighted by Crippen LogP contribution is 2.34. The second kappa shape index (κ2) is 6.31. The Hall–Kier alpha value is -1.91. The average Bonchev–Trinajstić information content (AvgIpc) is 2.46. The molecule has 0 atom stereocenters. The molecule has 1 aliphatic rings. The number of benzene rings is 1. The molecule has 104 valence electrons.